The minimum atomic E-state index is -0.423. The fourth-order valence-corrected chi connectivity index (χ4v) is 1.19. The maximum absolute atomic E-state index is 10.9. The zero-order valence-electron chi connectivity index (χ0n) is 10.4. The second-order valence-electron chi connectivity index (χ2n) is 3.86. The number of nitrogens with zero attached hydrogens (tertiary/aromatic N) is 2. The highest BCUT2D eigenvalue weighted by atomic mass is 16.5. The van der Waals surface area contributed by atoms with Gasteiger partial charge in [0.25, 0.3) is 5.91 Å². The number of ether oxygens (including phenoxy) is 1. The lowest BCUT2D eigenvalue weighted by molar-refractivity contribution is -0.120. The molecule has 0 heterocycles. The number of hydrogen-bond donors (Lipinski definition) is 1. The molecule has 1 amide bonds. The standard InChI is InChI=1S/C13H15N3O2/c1-10(2)18-12-5-3-11(4-6-12)9-15-16-13(17)7-8-14/h3-6,9-10H,7H2,1-2H3,(H,16,17)/b15-9-. The van der Waals surface area contributed by atoms with Crippen molar-refractivity contribution < 1.29 is 9.53 Å². The zero-order valence-corrected chi connectivity index (χ0v) is 10.4. The molecule has 0 saturated heterocycles. The molecular formula is C13H15N3O2. The minimum absolute atomic E-state index is 0.134. The molecule has 5 heteroatoms. The molecule has 1 N–H and O–H groups in total. The van der Waals surface area contributed by atoms with Crippen LogP contribution in [0, 0.1) is 11.3 Å². The lowest BCUT2D eigenvalue weighted by Gasteiger charge is -2.08. The Kier molecular flexibility index (Phi) is 5.39. The number of carbonyl (C=O) groups excluding carboxylic acids is 1. The zero-order chi connectivity index (χ0) is 13.4. The highest BCUT2D eigenvalue weighted by Crippen LogP contribution is 2.12. The number of nitrogens with one attached hydrogen (secondary N) is 1. The number of hydrazone groups is 1. The van der Waals surface area contributed by atoms with Crippen molar-refractivity contribution in [2.75, 3.05) is 0 Å². The molecule has 0 radical (unpaired) electrons. The first-order chi connectivity index (χ1) is 8.61. The van der Waals surface area contributed by atoms with Gasteiger partial charge in [0.1, 0.15) is 12.2 Å². The number of hydrogen-bond acceptors (Lipinski definition) is 4. The molecule has 0 bridgehead atoms. The van der Waals surface area contributed by atoms with Gasteiger partial charge in [-0.15, -0.1) is 0 Å². The van der Waals surface area contributed by atoms with E-state index in [0.29, 0.717) is 0 Å². The van der Waals surface area contributed by atoms with E-state index in [0.717, 1.165) is 11.3 Å². The van der Waals surface area contributed by atoms with Crippen molar-refractivity contribution in [2.45, 2.75) is 26.4 Å². The Bertz CT molecular complexity index is 458. The molecule has 0 aliphatic heterocycles. The molecule has 0 aromatic heterocycles. The van der Waals surface area contributed by atoms with Crippen LogP contribution in [0.3, 0.4) is 0 Å². The maximum Gasteiger partial charge on any atom is 0.254 e. The van der Waals surface area contributed by atoms with Crippen molar-refractivity contribution >= 4 is 12.1 Å². The van der Waals surface area contributed by atoms with E-state index in [-0.39, 0.29) is 12.5 Å². The van der Waals surface area contributed by atoms with Crippen molar-refractivity contribution in [2.24, 2.45) is 5.10 Å². The van der Waals surface area contributed by atoms with Gasteiger partial charge in [0.05, 0.1) is 18.4 Å². The largest absolute Gasteiger partial charge is 0.491 e. The Morgan fingerprint density at radius 1 is 1.50 bits per heavy atom. The summed E-state index contributed by atoms with van der Waals surface area (Å²) < 4.78 is 5.49. The fourth-order valence-electron chi connectivity index (χ4n) is 1.19. The third-order valence-corrected chi connectivity index (χ3v) is 1.89. The van der Waals surface area contributed by atoms with Crippen molar-refractivity contribution in [1.29, 1.82) is 5.26 Å². The first-order valence-corrected chi connectivity index (χ1v) is 5.57. The van der Waals surface area contributed by atoms with Crippen molar-refractivity contribution in [1.82, 2.24) is 5.43 Å². The summed E-state index contributed by atoms with van der Waals surface area (Å²) in [6, 6.07) is 9.06. The average Bonchev–Trinajstić information content (AvgIpc) is 2.31. The van der Waals surface area contributed by atoms with Crippen LogP contribution in [0.25, 0.3) is 0 Å². The van der Waals surface area contributed by atoms with Crippen LogP contribution in [-0.2, 0) is 4.79 Å². The van der Waals surface area contributed by atoms with Gasteiger partial charge in [-0.25, -0.2) is 5.43 Å². The molecule has 1 aromatic rings. The Morgan fingerprint density at radius 3 is 2.72 bits per heavy atom. The van der Waals surface area contributed by atoms with E-state index < -0.39 is 5.91 Å². The first-order valence-electron chi connectivity index (χ1n) is 5.57. The third-order valence-electron chi connectivity index (χ3n) is 1.89. The molecule has 1 aromatic carbocycles. The van der Waals surface area contributed by atoms with E-state index >= 15 is 0 Å². The Balaban J connectivity index is 2.51. The number of benzene rings is 1. The Hall–Kier alpha value is -2.35. The minimum Gasteiger partial charge on any atom is -0.491 e. The molecule has 0 aliphatic rings. The fraction of sp³-hybridized carbons (Fsp3) is 0.308. The van der Waals surface area contributed by atoms with Crippen LogP contribution < -0.4 is 10.2 Å². The summed E-state index contributed by atoms with van der Waals surface area (Å²) >= 11 is 0. The molecule has 18 heavy (non-hydrogen) atoms. The normalized spacial score (nSPS) is 10.3. The smallest absolute Gasteiger partial charge is 0.254 e. The maximum atomic E-state index is 10.9. The topological polar surface area (TPSA) is 74.5 Å². The highest BCUT2D eigenvalue weighted by molar-refractivity contribution is 5.83. The molecule has 94 valence electrons. The van der Waals surface area contributed by atoms with Crippen LogP contribution in [0.2, 0.25) is 0 Å². The Morgan fingerprint density at radius 2 is 2.17 bits per heavy atom. The van der Waals surface area contributed by atoms with E-state index in [9.17, 15) is 4.79 Å². The van der Waals surface area contributed by atoms with Crippen LogP contribution in [-0.4, -0.2) is 18.2 Å². The van der Waals surface area contributed by atoms with Crippen LogP contribution >= 0.6 is 0 Å². The van der Waals surface area contributed by atoms with Crippen LogP contribution in [0.1, 0.15) is 25.8 Å². The number of carbonyl (C=O) groups is 1. The summed E-state index contributed by atoms with van der Waals surface area (Å²) in [5.74, 6) is 0.365. The van der Waals surface area contributed by atoms with E-state index in [1.54, 1.807) is 6.07 Å². The van der Waals surface area contributed by atoms with Gasteiger partial charge in [0, 0.05) is 0 Å². The predicted octanol–water partition coefficient (Wildman–Crippen LogP) is 1.84. The summed E-state index contributed by atoms with van der Waals surface area (Å²) in [6.07, 6.45) is 1.45. The summed E-state index contributed by atoms with van der Waals surface area (Å²) in [6.45, 7) is 3.92. The van der Waals surface area contributed by atoms with E-state index in [4.69, 9.17) is 10.00 Å². The van der Waals surface area contributed by atoms with Gasteiger partial charge < -0.3 is 4.74 Å². The number of amides is 1. The van der Waals surface area contributed by atoms with Gasteiger partial charge >= 0.3 is 0 Å². The predicted molar refractivity (Wildman–Crippen MR) is 68.2 cm³/mol. The third kappa shape index (κ3) is 5.12. The van der Waals surface area contributed by atoms with Crippen molar-refractivity contribution in [3.8, 4) is 11.8 Å². The van der Waals surface area contributed by atoms with Gasteiger partial charge in [-0.2, -0.15) is 10.4 Å². The second-order valence-corrected chi connectivity index (χ2v) is 3.86. The van der Waals surface area contributed by atoms with E-state index in [2.05, 4.69) is 10.5 Å². The molecule has 0 atom stereocenters. The van der Waals surface area contributed by atoms with Gasteiger partial charge in [-0.3, -0.25) is 4.79 Å². The average molecular weight is 245 g/mol. The van der Waals surface area contributed by atoms with Gasteiger partial charge in [-0.1, -0.05) is 0 Å². The summed E-state index contributed by atoms with van der Waals surface area (Å²) in [7, 11) is 0. The van der Waals surface area contributed by atoms with Crippen molar-refractivity contribution in [3.63, 3.8) is 0 Å². The van der Waals surface area contributed by atoms with Crippen molar-refractivity contribution in [3.05, 3.63) is 29.8 Å². The molecule has 0 aliphatic carbocycles. The molecular weight excluding hydrogens is 230 g/mol. The van der Waals surface area contributed by atoms with Crippen LogP contribution in [0.15, 0.2) is 29.4 Å². The summed E-state index contributed by atoms with van der Waals surface area (Å²) in [4.78, 5) is 10.9. The van der Waals surface area contributed by atoms with Gasteiger partial charge in [0.2, 0.25) is 0 Å². The molecule has 0 fully saturated rings. The van der Waals surface area contributed by atoms with Crippen LogP contribution in [0.4, 0.5) is 0 Å². The monoisotopic (exact) mass is 245 g/mol. The molecule has 0 saturated carbocycles. The summed E-state index contributed by atoms with van der Waals surface area (Å²) in [5.41, 5.74) is 3.09. The summed E-state index contributed by atoms with van der Waals surface area (Å²) in [5, 5.41) is 12.0. The molecule has 0 unspecified atom stereocenters. The van der Waals surface area contributed by atoms with Gasteiger partial charge in [0.15, 0.2) is 0 Å². The first kappa shape index (κ1) is 13.7. The molecule has 0 spiro atoms. The molecule has 1 rings (SSSR count). The molecule has 5 nitrogen and oxygen atoms in total. The lowest BCUT2D eigenvalue weighted by Crippen LogP contribution is -2.16. The number of nitriles is 1. The van der Waals surface area contributed by atoms with Gasteiger partial charge in [-0.05, 0) is 43.7 Å². The highest BCUT2D eigenvalue weighted by Gasteiger charge is 1.97. The Labute approximate surface area is 106 Å². The lowest BCUT2D eigenvalue weighted by atomic mass is 10.2. The quantitative estimate of drug-likeness (QED) is 0.635. The second kappa shape index (κ2) is 7.07. The number of rotatable bonds is 5. The van der Waals surface area contributed by atoms with E-state index in [1.165, 1.54) is 6.21 Å². The van der Waals surface area contributed by atoms with E-state index in [1.807, 2.05) is 38.1 Å². The SMILES string of the molecule is CC(C)Oc1ccc(/C=N\NC(=O)CC#N)cc1. The van der Waals surface area contributed by atoms with Crippen LogP contribution in [0.5, 0.6) is 5.75 Å².